The third-order valence-electron chi connectivity index (χ3n) is 4.58. The molecule has 0 fully saturated rings. The third kappa shape index (κ3) is 3.32. The molecule has 6 heteroatoms. The van der Waals surface area contributed by atoms with Gasteiger partial charge in [0, 0.05) is 29.6 Å². The quantitative estimate of drug-likeness (QED) is 0.569. The molecule has 0 saturated carbocycles. The lowest BCUT2D eigenvalue weighted by Crippen LogP contribution is -2.16. The van der Waals surface area contributed by atoms with Crippen LogP contribution in [0.5, 0.6) is 0 Å². The van der Waals surface area contributed by atoms with Gasteiger partial charge in [-0.3, -0.25) is 4.98 Å². The summed E-state index contributed by atoms with van der Waals surface area (Å²) in [5.41, 5.74) is 17.1. The van der Waals surface area contributed by atoms with Crippen molar-refractivity contribution in [1.82, 2.24) is 14.6 Å². The zero-order chi connectivity index (χ0) is 18.8. The number of aromatic nitrogens is 3. The smallest absolute Gasteiger partial charge is 0.123 e. The SMILES string of the molecule is NCCC(N)c1cc(-c2c(-c3ccc(F)cc3)nn3ccccc23)ccn1. The van der Waals surface area contributed by atoms with Crippen molar-refractivity contribution in [3.05, 3.63) is 78.5 Å². The van der Waals surface area contributed by atoms with Crippen molar-refractivity contribution >= 4 is 5.52 Å². The molecule has 1 aromatic carbocycles. The van der Waals surface area contributed by atoms with Gasteiger partial charge in [-0.2, -0.15) is 5.10 Å². The predicted molar refractivity (Wildman–Crippen MR) is 104 cm³/mol. The standard InChI is InChI=1S/C21H20FN5/c22-16-6-4-14(5-7-16)21-20(19-3-1-2-12-27(19)26-21)15-9-11-25-18(13-15)17(24)8-10-23/h1-7,9,11-13,17H,8,10,23-24H2. The molecule has 0 saturated heterocycles. The van der Waals surface area contributed by atoms with Crippen LogP contribution >= 0.6 is 0 Å². The number of nitrogens with zero attached hydrogens (tertiary/aromatic N) is 3. The summed E-state index contributed by atoms with van der Waals surface area (Å²) in [5, 5.41) is 4.72. The van der Waals surface area contributed by atoms with Gasteiger partial charge in [0.05, 0.1) is 11.2 Å². The number of nitrogens with two attached hydrogens (primary N) is 2. The van der Waals surface area contributed by atoms with Crippen LogP contribution in [0.1, 0.15) is 18.2 Å². The normalized spacial score (nSPS) is 12.4. The van der Waals surface area contributed by atoms with Gasteiger partial charge in [-0.15, -0.1) is 0 Å². The highest BCUT2D eigenvalue weighted by atomic mass is 19.1. The first-order valence-electron chi connectivity index (χ1n) is 8.82. The summed E-state index contributed by atoms with van der Waals surface area (Å²) in [5.74, 6) is -0.275. The van der Waals surface area contributed by atoms with Crippen molar-refractivity contribution in [3.8, 4) is 22.4 Å². The Kier molecular flexibility index (Phi) is 4.66. The zero-order valence-electron chi connectivity index (χ0n) is 14.7. The Morgan fingerprint density at radius 1 is 1.04 bits per heavy atom. The number of hydrogen-bond acceptors (Lipinski definition) is 4. The summed E-state index contributed by atoms with van der Waals surface area (Å²) in [6, 6.07) is 16.0. The molecule has 0 radical (unpaired) electrons. The molecule has 3 heterocycles. The summed E-state index contributed by atoms with van der Waals surface area (Å²) < 4.78 is 15.2. The number of pyridine rings is 2. The van der Waals surface area contributed by atoms with Crippen LogP contribution in [0.3, 0.4) is 0 Å². The Labute approximate surface area is 156 Å². The molecule has 4 aromatic rings. The highest BCUT2D eigenvalue weighted by Crippen LogP contribution is 2.35. The van der Waals surface area contributed by atoms with Gasteiger partial charge in [0.2, 0.25) is 0 Å². The van der Waals surface area contributed by atoms with E-state index in [2.05, 4.69) is 4.98 Å². The largest absolute Gasteiger partial charge is 0.330 e. The second-order valence-corrected chi connectivity index (χ2v) is 6.41. The van der Waals surface area contributed by atoms with Gasteiger partial charge in [0.15, 0.2) is 0 Å². The molecule has 0 amide bonds. The van der Waals surface area contributed by atoms with Crippen LogP contribution in [-0.4, -0.2) is 21.1 Å². The van der Waals surface area contributed by atoms with Crippen molar-refractivity contribution in [2.45, 2.75) is 12.5 Å². The van der Waals surface area contributed by atoms with Gasteiger partial charge < -0.3 is 11.5 Å². The molecule has 4 rings (SSSR count). The van der Waals surface area contributed by atoms with Crippen molar-refractivity contribution in [1.29, 1.82) is 0 Å². The fourth-order valence-corrected chi connectivity index (χ4v) is 3.23. The second-order valence-electron chi connectivity index (χ2n) is 6.41. The Bertz CT molecular complexity index is 1070. The van der Waals surface area contributed by atoms with E-state index in [4.69, 9.17) is 16.6 Å². The molecular weight excluding hydrogens is 341 g/mol. The first kappa shape index (κ1) is 17.3. The van der Waals surface area contributed by atoms with E-state index in [9.17, 15) is 4.39 Å². The Balaban J connectivity index is 1.92. The van der Waals surface area contributed by atoms with Gasteiger partial charge in [0.1, 0.15) is 11.5 Å². The molecule has 0 bridgehead atoms. The Morgan fingerprint density at radius 2 is 1.85 bits per heavy atom. The van der Waals surface area contributed by atoms with Crippen molar-refractivity contribution in [2.75, 3.05) is 6.54 Å². The van der Waals surface area contributed by atoms with Crippen LogP contribution in [0.4, 0.5) is 4.39 Å². The zero-order valence-corrected chi connectivity index (χ0v) is 14.7. The van der Waals surface area contributed by atoms with E-state index in [1.807, 2.05) is 41.0 Å². The second kappa shape index (κ2) is 7.26. The number of hydrogen-bond donors (Lipinski definition) is 2. The minimum absolute atomic E-state index is 0.217. The maximum Gasteiger partial charge on any atom is 0.123 e. The van der Waals surface area contributed by atoms with Crippen LogP contribution in [-0.2, 0) is 0 Å². The number of halogens is 1. The molecule has 27 heavy (non-hydrogen) atoms. The first-order chi connectivity index (χ1) is 13.2. The maximum absolute atomic E-state index is 13.4. The summed E-state index contributed by atoms with van der Waals surface area (Å²) in [4.78, 5) is 4.40. The molecule has 4 N–H and O–H groups in total. The molecule has 0 spiro atoms. The fraction of sp³-hybridized carbons (Fsp3) is 0.143. The average molecular weight is 361 g/mol. The first-order valence-corrected chi connectivity index (χ1v) is 8.82. The average Bonchev–Trinajstić information content (AvgIpc) is 3.08. The Hall–Kier alpha value is -3.09. The lowest BCUT2D eigenvalue weighted by atomic mass is 9.98. The molecule has 1 unspecified atom stereocenters. The third-order valence-corrected chi connectivity index (χ3v) is 4.58. The molecule has 136 valence electrons. The number of rotatable bonds is 5. The fourth-order valence-electron chi connectivity index (χ4n) is 3.23. The number of benzene rings is 1. The minimum Gasteiger partial charge on any atom is -0.330 e. The summed E-state index contributed by atoms with van der Waals surface area (Å²) in [6.45, 7) is 0.505. The Morgan fingerprint density at radius 3 is 2.63 bits per heavy atom. The molecule has 0 aliphatic carbocycles. The highest BCUT2D eigenvalue weighted by molar-refractivity contribution is 5.92. The molecule has 0 aliphatic heterocycles. The van der Waals surface area contributed by atoms with E-state index in [1.54, 1.807) is 18.3 Å². The van der Waals surface area contributed by atoms with Crippen molar-refractivity contribution in [2.24, 2.45) is 11.5 Å². The van der Waals surface area contributed by atoms with E-state index in [-0.39, 0.29) is 11.9 Å². The van der Waals surface area contributed by atoms with Gasteiger partial charge in [-0.05, 0) is 67.1 Å². The molecule has 5 nitrogen and oxygen atoms in total. The topological polar surface area (TPSA) is 82.2 Å². The van der Waals surface area contributed by atoms with Gasteiger partial charge in [0.25, 0.3) is 0 Å². The van der Waals surface area contributed by atoms with Crippen LogP contribution < -0.4 is 11.5 Å². The van der Waals surface area contributed by atoms with Crippen molar-refractivity contribution < 1.29 is 4.39 Å². The lowest BCUT2D eigenvalue weighted by molar-refractivity contribution is 0.628. The van der Waals surface area contributed by atoms with E-state index >= 15 is 0 Å². The van der Waals surface area contributed by atoms with Crippen molar-refractivity contribution in [3.63, 3.8) is 0 Å². The van der Waals surface area contributed by atoms with Gasteiger partial charge in [-0.25, -0.2) is 8.91 Å². The van der Waals surface area contributed by atoms with Crippen LogP contribution in [0.2, 0.25) is 0 Å². The maximum atomic E-state index is 13.4. The molecule has 3 aromatic heterocycles. The molecule has 0 aliphatic rings. The number of fused-ring (bicyclic) bond motifs is 1. The molecular formula is C21H20FN5. The van der Waals surface area contributed by atoms with Gasteiger partial charge in [-0.1, -0.05) is 6.07 Å². The monoisotopic (exact) mass is 361 g/mol. The van der Waals surface area contributed by atoms with E-state index < -0.39 is 0 Å². The van der Waals surface area contributed by atoms with Crippen LogP contribution in [0, 0.1) is 5.82 Å². The van der Waals surface area contributed by atoms with E-state index in [0.717, 1.165) is 33.6 Å². The predicted octanol–water partition coefficient (Wildman–Crippen LogP) is 3.55. The van der Waals surface area contributed by atoms with Crippen LogP contribution in [0.25, 0.3) is 27.9 Å². The molecule has 1 atom stereocenters. The summed E-state index contributed by atoms with van der Waals surface area (Å²) in [6.07, 6.45) is 4.31. The van der Waals surface area contributed by atoms with Crippen LogP contribution in [0.15, 0.2) is 67.0 Å². The summed E-state index contributed by atoms with van der Waals surface area (Å²) >= 11 is 0. The lowest BCUT2D eigenvalue weighted by Gasteiger charge is -2.11. The highest BCUT2D eigenvalue weighted by Gasteiger charge is 2.18. The van der Waals surface area contributed by atoms with E-state index in [0.29, 0.717) is 13.0 Å². The summed E-state index contributed by atoms with van der Waals surface area (Å²) in [7, 11) is 0. The minimum atomic E-state index is -0.275. The van der Waals surface area contributed by atoms with Gasteiger partial charge >= 0.3 is 0 Å². The van der Waals surface area contributed by atoms with E-state index in [1.165, 1.54) is 12.1 Å².